The van der Waals surface area contributed by atoms with Crippen LogP contribution in [-0.2, 0) is 9.53 Å². The van der Waals surface area contributed by atoms with Gasteiger partial charge in [0.15, 0.2) is 0 Å². The maximum atomic E-state index is 10.6. The molecule has 1 unspecified atom stereocenters. The van der Waals surface area contributed by atoms with Gasteiger partial charge in [0, 0.05) is 0 Å². The molecule has 0 aliphatic carbocycles. The summed E-state index contributed by atoms with van der Waals surface area (Å²) in [6.07, 6.45) is 3.51. The Bertz CT molecular complexity index is 593. The van der Waals surface area contributed by atoms with Crippen LogP contribution in [0.5, 0.6) is 5.75 Å². The summed E-state index contributed by atoms with van der Waals surface area (Å²) in [5.74, 6) is 6.10. The van der Waals surface area contributed by atoms with Crippen LogP contribution in [0, 0.1) is 11.8 Å². The number of carbonyl (C=O) groups excluding carboxylic acids is 1. The van der Waals surface area contributed by atoms with Crippen molar-refractivity contribution in [2.75, 3.05) is 6.61 Å². The van der Waals surface area contributed by atoms with Crippen LogP contribution in [0.1, 0.15) is 12.5 Å². The molecular weight excluding hydrogens is 239 g/mol. The van der Waals surface area contributed by atoms with Crippen LogP contribution in [0.2, 0.25) is 0 Å². The molecule has 0 aromatic heterocycles. The molecule has 1 aromatic rings. The minimum absolute atomic E-state index is 0.0823. The molecule has 1 atom stereocenters. The van der Waals surface area contributed by atoms with Crippen molar-refractivity contribution < 1.29 is 14.3 Å². The van der Waals surface area contributed by atoms with E-state index in [1.54, 1.807) is 6.92 Å². The van der Waals surface area contributed by atoms with E-state index < -0.39 is 0 Å². The predicted molar refractivity (Wildman–Crippen MR) is 76.8 cm³/mol. The van der Waals surface area contributed by atoms with Crippen molar-refractivity contribution in [2.45, 2.75) is 13.0 Å². The van der Waals surface area contributed by atoms with Crippen LogP contribution in [0.3, 0.4) is 0 Å². The molecule has 1 aliphatic heterocycles. The summed E-state index contributed by atoms with van der Waals surface area (Å²) in [5, 5.41) is 0. The van der Waals surface area contributed by atoms with Gasteiger partial charge in [0.1, 0.15) is 0 Å². The van der Waals surface area contributed by atoms with Crippen LogP contribution in [0.4, 0.5) is 0 Å². The Morgan fingerprint density at radius 3 is 3.16 bits per heavy atom. The van der Waals surface area contributed by atoms with Crippen LogP contribution in [0.15, 0.2) is 24.3 Å². The topological polar surface area (TPSA) is 35.5 Å². The van der Waals surface area contributed by atoms with Crippen molar-refractivity contribution in [3.8, 4) is 17.6 Å². The van der Waals surface area contributed by atoms with Gasteiger partial charge in [-0.25, -0.2) is 0 Å². The molecule has 94 valence electrons. The number of para-hydroxylation sites is 1. The average molecular weight is 252 g/mol. The number of ether oxygens (including phenoxy) is 2. The van der Waals surface area contributed by atoms with Gasteiger partial charge in [-0.05, 0) is 0 Å². The number of carbonyl (C=O) groups is 1. The minimum atomic E-state index is -0.339. The second-order valence-corrected chi connectivity index (χ2v) is 3.97. The van der Waals surface area contributed by atoms with Gasteiger partial charge in [0.25, 0.3) is 0 Å². The molecule has 4 heteroatoms. The monoisotopic (exact) mass is 252 g/mol. The Balaban J connectivity index is 2.09. The molecule has 3 nitrogen and oxygen atoms in total. The van der Waals surface area contributed by atoms with E-state index in [-0.39, 0.29) is 18.7 Å². The SMILES string of the molecule is C=Bc1cccc2c1OC(C#CCOC(C)=O)C=C2. The number of esters is 1. The van der Waals surface area contributed by atoms with Crippen LogP contribution < -0.4 is 10.2 Å². The van der Waals surface area contributed by atoms with Gasteiger partial charge in [-0.15, -0.1) is 0 Å². The fraction of sp³-hybridized carbons (Fsp3) is 0.200. The summed E-state index contributed by atoms with van der Waals surface area (Å²) in [5.41, 5.74) is 1.95. The molecule has 1 aliphatic rings. The van der Waals surface area contributed by atoms with E-state index in [2.05, 4.69) is 18.3 Å². The normalized spacial score (nSPS) is 15.3. The Kier molecular flexibility index (Phi) is 4.20. The average Bonchev–Trinajstić information content (AvgIpc) is 2.42. The van der Waals surface area contributed by atoms with Crippen molar-refractivity contribution in [3.05, 3.63) is 29.8 Å². The zero-order valence-electron chi connectivity index (χ0n) is 10.7. The van der Waals surface area contributed by atoms with E-state index >= 15 is 0 Å². The molecule has 19 heavy (non-hydrogen) atoms. The molecule has 1 aromatic carbocycles. The second-order valence-electron chi connectivity index (χ2n) is 3.97. The molecule has 0 bridgehead atoms. The fourth-order valence-corrected chi connectivity index (χ4v) is 1.72. The first-order valence-corrected chi connectivity index (χ1v) is 5.93. The first-order valence-electron chi connectivity index (χ1n) is 5.93. The van der Waals surface area contributed by atoms with Crippen LogP contribution in [-0.4, -0.2) is 32.1 Å². The summed E-state index contributed by atoms with van der Waals surface area (Å²) in [7, 11) is 0. The summed E-state index contributed by atoms with van der Waals surface area (Å²) in [6, 6.07) is 5.87. The molecule has 1 heterocycles. The second kappa shape index (κ2) is 6.06. The van der Waals surface area contributed by atoms with E-state index in [1.807, 2.05) is 30.4 Å². The summed E-state index contributed by atoms with van der Waals surface area (Å²) in [6.45, 7) is 6.95. The van der Waals surface area contributed by atoms with Gasteiger partial charge in [0.05, 0.1) is 0 Å². The Morgan fingerprint density at radius 2 is 2.42 bits per heavy atom. The molecule has 0 spiro atoms. The summed E-state index contributed by atoms with van der Waals surface area (Å²) >= 11 is 0. The molecular formula is C15H13BO3. The Labute approximate surface area is 113 Å². The molecule has 0 saturated heterocycles. The molecule has 0 fully saturated rings. The number of hydrogen-bond acceptors (Lipinski definition) is 3. The molecule has 0 amide bonds. The number of hydrogen-bond donors (Lipinski definition) is 0. The van der Waals surface area contributed by atoms with Gasteiger partial charge in [0.2, 0.25) is 0 Å². The van der Waals surface area contributed by atoms with Gasteiger partial charge >= 0.3 is 112 Å². The third-order valence-electron chi connectivity index (χ3n) is 2.58. The van der Waals surface area contributed by atoms with Crippen molar-refractivity contribution in [2.24, 2.45) is 0 Å². The fourth-order valence-electron chi connectivity index (χ4n) is 1.72. The van der Waals surface area contributed by atoms with Crippen LogP contribution in [0.25, 0.3) is 6.08 Å². The van der Waals surface area contributed by atoms with Gasteiger partial charge in [-0.2, -0.15) is 0 Å². The van der Waals surface area contributed by atoms with Crippen molar-refractivity contribution >= 4 is 30.9 Å². The first-order chi connectivity index (χ1) is 9.20. The molecule has 0 N–H and O–H groups in total. The number of fused-ring (bicyclic) bond motifs is 1. The molecule has 2 rings (SSSR count). The van der Waals surface area contributed by atoms with Crippen LogP contribution >= 0.6 is 0 Å². The quantitative estimate of drug-likeness (QED) is 0.443. The summed E-state index contributed by atoms with van der Waals surface area (Å²) in [4.78, 5) is 10.6. The Hall–Kier alpha value is -2.28. The zero-order chi connectivity index (χ0) is 13.7. The first kappa shape index (κ1) is 13.2. The number of rotatable bonds is 2. The zero-order valence-corrected chi connectivity index (χ0v) is 10.7. The maximum absolute atomic E-state index is 10.6. The van der Waals surface area contributed by atoms with Crippen molar-refractivity contribution in [3.63, 3.8) is 0 Å². The molecule has 0 radical (unpaired) electrons. The summed E-state index contributed by atoms with van der Waals surface area (Å²) < 4.78 is 10.5. The Morgan fingerprint density at radius 1 is 1.58 bits per heavy atom. The number of benzene rings is 1. The van der Waals surface area contributed by atoms with E-state index in [9.17, 15) is 4.79 Å². The predicted octanol–water partition coefficient (Wildman–Crippen LogP) is 0.789. The third kappa shape index (κ3) is 3.35. The van der Waals surface area contributed by atoms with E-state index in [0.29, 0.717) is 0 Å². The van der Waals surface area contributed by atoms with Gasteiger partial charge in [-0.3, -0.25) is 0 Å². The van der Waals surface area contributed by atoms with Crippen molar-refractivity contribution in [1.82, 2.24) is 0 Å². The standard InChI is InChI=1S/C15H13BO3/c1-11(17)18-10-4-6-13-9-8-12-5-3-7-14(16-2)15(12)19-13/h3,5,7-9,13H,2,10H2,1H3. The van der Waals surface area contributed by atoms with E-state index in [4.69, 9.17) is 9.47 Å². The van der Waals surface area contributed by atoms with Crippen molar-refractivity contribution in [1.29, 1.82) is 0 Å². The third-order valence-corrected chi connectivity index (χ3v) is 2.58. The van der Waals surface area contributed by atoms with E-state index in [1.165, 1.54) is 6.92 Å². The van der Waals surface area contributed by atoms with Gasteiger partial charge < -0.3 is 0 Å². The van der Waals surface area contributed by atoms with Gasteiger partial charge in [-0.1, -0.05) is 0 Å². The molecule has 0 saturated carbocycles. The van der Waals surface area contributed by atoms with E-state index in [0.717, 1.165) is 16.8 Å².